The maximum Gasteiger partial charge on any atom is 0.180 e. The summed E-state index contributed by atoms with van der Waals surface area (Å²) in [6.45, 7) is 6.20. The largest absolute Gasteiger partial charge is 0.377 e. The zero-order valence-corrected chi connectivity index (χ0v) is 11.2. The van der Waals surface area contributed by atoms with E-state index in [0.717, 1.165) is 31.8 Å². The van der Waals surface area contributed by atoms with E-state index in [1.54, 1.807) is 0 Å². The summed E-state index contributed by atoms with van der Waals surface area (Å²) in [6.07, 6.45) is 3.86. The van der Waals surface area contributed by atoms with Crippen molar-refractivity contribution in [3.05, 3.63) is 11.1 Å². The Kier molecular flexibility index (Phi) is 4.76. The number of ether oxygens (including phenoxy) is 1. The summed E-state index contributed by atoms with van der Waals surface area (Å²) in [6, 6.07) is 0. The molecular formula is C12H21N3OS. The first-order chi connectivity index (χ1) is 8.28. The summed E-state index contributed by atoms with van der Waals surface area (Å²) < 4.78 is 5.69. The first-order valence-electron chi connectivity index (χ1n) is 6.31. The normalized spacial score (nSPS) is 21.8. The Hall–Kier alpha value is -0.650. The number of hydrogen-bond donors (Lipinski definition) is 1. The van der Waals surface area contributed by atoms with Crippen LogP contribution in [-0.4, -0.2) is 42.2 Å². The van der Waals surface area contributed by atoms with Crippen molar-refractivity contribution < 1.29 is 4.74 Å². The van der Waals surface area contributed by atoms with E-state index in [1.165, 1.54) is 30.7 Å². The van der Waals surface area contributed by atoms with Crippen LogP contribution in [0.25, 0.3) is 0 Å². The minimum atomic E-state index is 0.425. The molecule has 2 heterocycles. The van der Waals surface area contributed by atoms with Gasteiger partial charge in [0.1, 0.15) is 0 Å². The molecule has 0 radical (unpaired) electrons. The molecular weight excluding hydrogens is 234 g/mol. The molecule has 1 aromatic heterocycles. The number of hydrogen-bond acceptors (Lipinski definition) is 5. The van der Waals surface area contributed by atoms with Gasteiger partial charge < -0.3 is 15.4 Å². The molecule has 17 heavy (non-hydrogen) atoms. The second kappa shape index (κ2) is 6.33. The molecule has 0 amide bonds. The Labute approximate surface area is 107 Å². The summed E-state index contributed by atoms with van der Waals surface area (Å²) in [5.74, 6) is 0. The molecule has 0 bridgehead atoms. The van der Waals surface area contributed by atoms with Gasteiger partial charge in [0.05, 0.1) is 11.8 Å². The second-order valence-electron chi connectivity index (χ2n) is 4.45. The van der Waals surface area contributed by atoms with Crippen LogP contribution in [0.1, 0.15) is 25.5 Å². The lowest BCUT2D eigenvalue weighted by Gasteiger charge is -2.32. The van der Waals surface area contributed by atoms with Crippen molar-refractivity contribution in [2.75, 3.05) is 32.0 Å². The molecule has 0 saturated carbocycles. The third-order valence-corrected chi connectivity index (χ3v) is 3.84. The number of nitrogens with two attached hydrogens (primary N) is 1. The van der Waals surface area contributed by atoms with E-state index in [9.17, 15) is 0 Å². The number of aromatic nitrogens is 1. The Bertz CT molecular complexity index is 340. The van der Waals surface area contributed by atoms with Gasteiger partial charge in [-0.25, -0.2) is 4.98 Å². The smallest absolute Gasteiger partial charge is 0.180 e. The molecule has 1 aliphatic heterocycles. The Morgan fingerprint density at radius 1 is 1.65 bits per heavy atom. The highest BCUT2D eigenvalue weighted by Crippen LogP contribution is 2.15. The quantitative estimate of drug-likeness (QED) is 0.871. The number of nitrogen functional groups attached to an aromatic ring is 1. The van der Waals surface area contributed by atoms with E-state index in [4.69, 9.17) is 10.5 Å². The van der Waals surface area contributed by atoms with E-state index in [2.05, 4.69) is 22.2 Å². The Balaban J connectivity index is 1.75. The van der Waals surface area contributed by atoms with Gasteiger partial charge in [0.25, 0.3) is 0 Å². The van der Waals surface area contributed by atoms with Crippen molar-refractivity contribution >= 4 is 16.5 Å². The number of nitrogens with zero attached hydrogens (tertiary/aromatic N) is 2. The Morgan fingerprint density at radius 3 is 3.24 bits per heavy atom. The van der Waals surface area contributed by atoms with Gasteiger partial charge in [-0.3, -0.25) is 0 Å². The third-order valence-electron chi connectivity index (χ3n) is 3.12. The summed E-state index contributed by atoms with van der Waals surface area (Å²) in [5, 5.41) is 2.73. The lowest BCUT2D eigenvalue weighted by molar-refractivity contribution is 0.00627. The fraction of sp³-hybridized carbons (Fsp3) is 0.750. The van der Waals surface area contributed by atoms with Crippen LogP contribution in [0.3, 0.4) is 0 Å². The molecule has 4 nitrogen and oxygen atoms in total. The predicted octanol–water partition coefficient (Wildman–Crippen LogP) is 1.77. The van der Waals surface area contributed by atoms with Crippen LogP contribution in [0, 0.1) is 0 Å². The molecule has 2 rings (SSSR count). The van der Waals surface area contributed by atoms with Gasteiger partial charge >= 0.3 is 0 Å². The fourth-order valence-corrected chi connectivity index (χ4v) is 2.90. The molecule has 0 aliphatic carbocycles. The third kappa shape index (κ3) is 3.94. The zero-order valence-electron chi connectivity index (χ0n) is 10.4. The van der Waals surface area contributed by atoms with Crippen LogP contribution < -0.4 is 5.73 Å². The van der Waals surface area contributed by atoms with Crippen molar-refractivity contribution in [1.82, 2.24) is 9.88 Å². The minimum absolute atomic E-state index is 0.425. The van der Waals surface area contributed by atoms with Gasteiger partial charge in [-0.2, -0.15) is 0 Å². The van der Waals surface area contributed by atoms with Crippen molar-refractivity contribution in [2.24, 2.45) is 0 Å². The molecule has 2 N–H and O–H groups in total. The van der Waals surface area contributed by atoms with Crippen LogP contribution in [-0.2, 0) is 11.2 Å². The van der Waals surface area contributed by atoms with E-state index in [1.807, 2.05) is 0 Å². The van der Waals surface area contributed by atoms with Gasteiger partial charge in [0, 0.05) is 31.5 Å². The highest BCUT2D eigenvalue weighted by molar-refractivity contribution is 7.13. The molecule has 1 saturated heterocycles. The molecule has 5 heteroatoms. The molecule has 1 aliphatic rings. The fourth-order valence-electron chi connectivity index (χ4n) is 2.30. The lowest BCUT2D eigenvalue weighted by Crippen LogP contribution is -2.40. The summed E-state index contributed by atoms with van der Waals surface area (Å²) in [7, 11) is 0. The van der Waals surface area contributed by atoms with Gasteiger partial charge in [0.2, 0.25) is 0 Å². The first kappa shape index (κ1) is 12.8. The SMILES string of the molecule is CCOC1CCCN(CCc2csc(N)n2)C1. The average molecular weight is 255 g/mol. The molecule has 1 fully saturated rings. The number of rotatable bonds is 5. The minimum Gasteiger partial charge on any atom is -0.377 e. The molecule has 96 valence electrons. The van der Waals surface area contributed by atoms with Crippen LogP contribution in [0.15, 0.2) is 5.38 Å². The monoisotopic (exact) mass is 255 g/mol. The summed E-state index contributed by atoms with van der Waals surface area (Å²) >= 11 is 1.52. The first-order valence-corrected chi connectivity index (χ1v) is 7.19. The second-order valence-corrected chi connectivity index (χ2v) is 5.34. The van der Waals surface area contributed by atoms with Crippen LogP contribution in [0.5, 0.6) is 0 Å². The van der Waals surface area contributed by atoms with Gasteiger partial charge in [0.15, 0.2) is 5.13 Å². The lowest BCUT2D eigenvalue weighted by atomic mass is 10.1. The van der Waals surface area contributed by atoms with Crippen molar-refractivity contribution in [3.8, 4) is 0 Å². The average Bonchev–Trinajstić information content (AvgIpc) is 2.74. The standard InChI is InChI=1S/C12H21N3OS/c1-2-16-11-4-3-6-15(8-11)7-5-10-9-17-12(13)14-10/h9,11H,2-8H2,1H3,(H2,13,14). The van der Waals surface area contributed by atoms with E-state index in [0.29, 0.717) is 11.2 Å². The van der Waals surface area contributed by atoms with Gasteiger partial charge in [-0.1, -0.05) is 0 Å². The maximum absolute atomic E-state index is 5.69. The summed E-state index contributed by atoms with van der Waals surface area (Å²) in [5.41, 5.74) is 6.74. The highest BCUT2D eigenvalue weighted by atomic mass is 32.1. The molecule has 1 aromatic rings. The van der Waals surface area contributed by atoms with Crippen LogP contribution >= 0.6 is 11.3 Å². The Morgan fingerprint density at radius 2 is 2.53 bits per heavy atom. The van der Waals surface area contributed by atoms with Crippen molar-refractivity contribution in [2.45, 2.75) is 32.3 Å². The van der Waals surface area contributed by atoms with E-state index >= 15 is 0 Å². The van der Waals surface area contributed by atoms with Crippen LogP contribution in [0.2, 0.25) is 0 Å². The molecule has 0 aromatic carbocycles. The molecule has 1 atom stereocenters. The number of likely N-dealkylation sites (tertiary alicyclic amines) is 1. The van der Waals surface area contributed by atoms with Crippen molar-refractivity contribution in [3.63, 3.8) is 0 Å². The molecule has 0 spiro atoms. The summed E-state index contributed by atoms with van der Waals surface area (Å²) in [4.78, 5) is 6.76. The van der Waals surface area contributed by atoms with Gasteiger partial charge in [-0.05, 0) is 26.3 Å². The number of thiazole rings is 1. The topological polar surface area (TPSA) is 51.4 Å². The predicted molar refractivity (Wildman–Crippen MR) is 71.3 cm³/mol. The van der Waals surface area contributed by atoms with E-state index in [-0.39, 0.29) is 0 Å². The van der Waals surface area contributed by atoms with E-state index < -0.39 is 0 Å². The van der Waals surface area contributed by atoms with Crippen LogP contribution in [0.4, 0.5) is 5.13 Å². The highest BCUT2D eigenvalue weighted by Gasteiger charge is 2.19. The van der Waals surface area contributed by atoms with Crippen molar-refractivity contribution in [1.29, 1.82) is 0 Å². The number of piperidine rings is 1. The molecule has 1 unspecified atom stereocenters. The van der Waals surface area contributed by atoms with Gasteiger partial charge in [-0.15, -0.1) is 11.3 Å². The number of anilines is 1. The maximum atomic E-state index is 5.69. The zero-order chi connectivity index (χ0) is 12.1.